The van der Waals surface area contributed by atoms with E-state index in [2.05, 4.69) is 0 Å². The number of benzene rings is 1. The zero-order valence-corrected chi connectivity index (χ0v) is 11.7. The monoisotopic (exact) mass is 315 g/mol. The first kappa shape index (κ1) is 16.3. The highest BCUT2D eigenvalue weighted by Crippen LogP contribution is 2.32. The molecule has 1 saturated heterocycles. The second-order valence-electron chi connectivity index (χ2n) is 4.98. The van der Waals surface area contributed by atoms with Gasteiger partial charge in [0.1, 0.15) is 12.9 Å². The molecule has 0 spiro atoms. The molecule has 0 radical (unpaired) electrons. The molecule has 120 valence electrons. The van der Waals surface area contributed by atoms with E-state index in [0.717, 1.165) is 18.9 Å². The first-order valence-electron chi connectivity index (χ1n) is 6.86. The van der Waals surface area contributed by atoms with Crippen molar-refractivity contribution in [3.8, 4) is 5.75 Å². The second kappa shape index (κ2) is 7.26. The van der Waals surface area contributed by atoms with Crippen molar-refractivity contribution in [2.45, 2.75) is 25.4 Å². The number of hydrogen-bond donors (Lipinski definition) is 0. The van der Waals surface area contributed by atoms with Gasteiger partial charge in [0.15, 0.2) is 5.82 Å². The molecule has 0 aromatic heterocycles. The first-order valence-corrected chi connectivity index (χ1v) is 6.86. The maximum Gasteiger partial charge on any atom is 0.314 e. The maximum absolute atomic E-state index is 13.7. The van der Waals surface area contributed by atoms with E-state index in [1.54, 1.807) is 0 Å². The lowest BCUT2D eigenvalue weighted by molar-refractivity contribution is -0.386. The number of rotatable bonds is 6. The van der Waals surface area contributed by atoms with Crippen LogP contribution in [0.5, 0.6) is 5.75 Å². The molecule has 1 aromatic rings. The number of hydrogen-bond acceptors (Lipinski definition) is 5. The Hall–Kier alpha value is -2.09. The Bertz CT molecular complexity index is 560. The average molecular weight is 315 g/mol. The number of halogens is 2. The van der Waals surface area contributed by atoms with Crippen molar-refractivity contribution in [2.24, 2.45) is 5.92 Å². The van der Waals surface area contributed by atoms with E-state index in [9.17, 15) is 23.7 Å². The quantitative estimate of drug-likeness (QED) is 0.458. The molecule has 1 unspecified atom stereocenters. The van der Waals surface area contributed by atoms with E-state index >= 15 is 0 Å². The maximum atomic E-state index is 13.7. The zero-order chi connectivity index (χ0) is 16.1. The Labute approximate surface area is 125 Å². The summed E-state index contributed by atoms with van der Waals surface area (Å²) >= 11 is 0. The lowest BCUT2D eigenvalue weighted by Crippen LogP contribution is -2.33. The van der Waals surface area contributed by atoms with Gasteiger partial charge in [-0.25, -0.2) is 4.39 Å². The van der Waals surface area contributed by atoms with Gasteiger partial charge >= 0.3 is 5.69 Å². The molecule has 8 heteroatoms. The van der Waals surface area contributed by atoms with Gasteiger partial charge in [-0.2, -0.15) is 4.39 Å². The van der Waals surface area contributed by atoms with E-state index in [1.165, 1.54) is 0 Å². The summed E-state index contributed by atoms with van der Waals surface area (Å²) in [6.07, 6.45) is 2.68. The summed E-state index contributed by atoms with van der Waals surface area (Å²) < 4.78 is 37.4. The minimum absolute atomic E-state index is 0.310. The molecule has 1 aliphatic heterocycles. The van der Waals surface area contributed by atoms with Crippen LogP contribution in [0.15, 0.2) is 12.1 Å². The second-order valence-corrected chi connectivity index (χ2v) is 4.98. The van der Waals surface area contributed by atoms with Crippen LogP contribution < -0.4 is 4.74 Å². The summed E-state index contributed by atoms with van der Waals surface area (Å²) in [7, 11) is 0. The topological polar surface area (TPSA) is 78.7 Å². The number of carbonyl (C=O) groups excluding carboxylic acids is 1. The van der Waals surface area contributed by atoms with Crippen LogP contribution in [0.4, 0.5) is 14.5 Å². The van der Waals surface area contributed by atoms with Crippen LogP contribution in [0, 0.1) is 27.7 Å². The zero-order valence-electron chi connectivity index (χ0n) is 11.7. The lowest BCUT2D eigenvalue weighted by atomic mass is 9.97. The molecule has 0 saturated carbocycles. The highest BCUT2D eigenvalue weighted by molar-refractivity contribution is 5.55. The molecule has 6 nitrogen and oxygen atoms in total. The van der Waals surface area contributed by atoms with Crippen molar-refractivity contribution in [1.29, 1.82) is 0 Å². The van der Waals surface area contributed by atoms with Gasteiger partial charge in [-0.3, -0.25) is 10.1 Å². The molecule has 1 aromatic carbocycles. The molecular formula is C14H15F2NO5. The molecular weight excluding hydrogens is 300 g/mol. The third kappa shape index (κ3) is 3.56. The number of nitrogens with zero attached hydrogens (tertiary/aromatic N) is 1. The third-order valence-corrected chi connectivity index (χ3v) is 3.51. The van der Waals surface area contributed by atoms with Crippen LogP contribution in [-0.4, -0.2) is 30.5 Å². The number of ether oxygens (including phenoxy) is 2. The smallest absolute Gasteiger partial charge is 0.314 e. The number of nitro benzene ring substituents is 1. The Morgan fingerprint density at radius 2 is 2.23 bits per heavy atom. The van der Waals surface area contributed by atoms with Crippen LogP contribution >= 0.6 is 0 Å². The summed E-state index contributed by atoms with van der Waals surface area (Å²) in [5.41, 5.74) is -0.687. The highest BCUT2D eigenvalue weighted by atomic mass is 19.2. The summed E-state index contributed by atoms with van der Waals surface area (Å²) in [5, 5.41) is 10.8. The molecule has 1 fully saturated rings. The molecule has 2 atom stereocenters. The number of aldehydes is 1. The molecule has 0 bridgehead atoms. The van der Waals surface area contributed by atoms with E-state index < -0.39 is 33.9 Å². The third-order valence-electron chi connectivity index (χ3n) is 3.51. The van der Waals surface area contributed by atoms with Crippen molar-refractivity contribution in [3.63, 3.8) is 0 Å². The van der Waals surface area contributed by atoms with Gasteiger partial charge in [0, 0.05) is 12.7 Å². The SMILES string of the molecule is O=CC(COc1c([N+](=O)[O-])ccc(F)c1F)[C@H]1CCCCO1. The fourth-order valence-electron chi connectivity index (χ4n) is 2.32. The van der Waals surface area contributed by atoms with Gasteiger partial charge in [-0.15, -0.1) is 0 Å². The Balaban J connectivity index is 2.14. The highest BCUT2D eigenvalue weighted by Gasteiger charge is 2.28. The fourth-order valence-corrected chi connectivity index (χ4v) is 2.32. The normalized spacial score (nSPS) is 19.5. The van der Waals surface area contributed by atoms with Crippen molar-refractivity contribution < 1.29 is 28.0 Å². The van der Waals surface area contributed by atoms with Gasteiger partial charge in [0.05, 0.1) is 16.9 Å². The van der Waals surface area contributed by atoms with Gasteiger partial charge in [0.25, 0.3) is 0 Å². The summed E-state index contributed by atoms with van der Waals surface area (Å²) in [6, 6.07) is 1.47. The van der Waals surface area contributed by atoms with Crippen molar-refractivity contribution in [2.75, 3.05) is 13.2 Å². The van der Waals surface area contributed by atoms with E-state index in [0.29, 0.717) is 25.4 Å². The minimum atomic E-state index is -1.44. The molecule has 0 aliphatic carbocycles. The van der Waals surface area contributed by atoms with Crippen LogP contribution in [0.1, 0.15) is 19.3 Å². The molecule has 2 rings (SSSR count). The summed E-state index contributed by atoms with van der Waals surface area (Å²) in [6.45, 7) is 0.207. The Kier molecular flexibility index (Phi) is 5.37. The summed E-state index contributed by atoms with van der Waals surface area (Å²) in [5.74, 6) is -4.18. The van der Waals surface area contributed by atoms with Crippen LogP contribution in [0.3, 0.4) is 0 Å². The van der Waals surface area contributed by atoms with Crippen molar-refractivity contribution >= 4 is 12.0 Å². The Morgan fingerprint density at radius 1 is 1.45 bits per heavy atom. The Morgan fingerprint density at radius 3 is 2.82 bits per heavy atom. The molecule has 0 N–H and O–H groups in total. The minimum Gasteiger partial charge on any atom is -0.484 e. The van der Waals surface area contributed by atoms with E-state index in [4.69, 9.17) is 9.47 Å². The predicted octanol–water partition coefficient (Wildman–Crippen LogP) is 2.64. The predicted molar refractivity (Wildman–Crippen MR) is 71.7 cm³/mol. The summed E-state index contributed by atoms with van der Waals surface area (Å²) in [4.78, 5) is 21.1. The van der Waals surface area contributed by atoms with Gasteiger partial charge in [-0.1, -0.05) is 0 Å². The van der Waals surface area contributed by atoms with Gasteiger partial charge in [0.2, 0.25) is 11.6 Å². The average Bonchev–Trinajstić information content (AvgIpc) is 2.52. The van der Waals surface area contributed by atoms with Gasteiger partial charge < -0.3 is 14.3 Å². The van der Waals surface area contributed by atoms with Crippen molar-refractivity contribution in [3.05, 3.63) is 33.9 Å². The van der Waals surface area contributed by atoms with E-state index in [1.807, 2.05) is 0 Å². The molecule has 22 heavy (non-hydrogen) atoms. The molecule has 1 aliphatic rings. The molecule has 1 heterocycles. The number of nitro groups is 1. The standard InChI is InChI=1S/C14H15F2NO5/c15-10-4-5-11(17(19)20)14(13(10)16)22-8-9(7-18)12-3-1-2-6-21-12/h4-5,7,9,12H,1-3,6,8H2/t9?,12-/m1/s1. The van der Waals surface area contributed by atoms with Crippen LogP contribution in [0.25, 0.3) is 0 Å². The van der Waals surface area contributed by atoms with Crippen LogP contribution in [0.2, 0.25) is 0 Å². The first-order chi connectivity index (χ1) is 10.5. The van der Waals surface area contributed by atoms with Gasteiger partial charge in [-0.05, 0) is 25.3 Å². The van der Waals surface area contributed by atoms with E-state index in [-0.39, 0.29) is 12.7 Å². The number of carbonyl (C=O) groups is 1. The fraction of sp³-hybridized carbons (Fsp3) is 0.500. The van der Waals surface area contributed by atoms with Crippen LogP contribution in [-0.2, 0) is 9.53 Å². The lowest BCUT2D eigenvalue weighted by Gasteiger charge is -2.27. The van der Waals surface area contributed by atoms with Crippen molar-refractivity contribution in [1.82, 2.24) is 0 Å². The molecule has 0 amide bonds. The largest absolute Gasteiger partial charge is 0.484 e.